The van der Waals surface area contributed by atoms with Crippen molar-refractivity contribution in [1.29, 1.82) is 0 Å². The van der Waals surface area contributed by atoms with Crippen molar-refractivity contribution in [2.45, 2.75) is 26.5 Å². The Morgan fingerprint density at radius 3 is 2.19 bits per heavy atom. The molecule has 0 saturated heterocycles. The zero-order valence-corrected chi connectivity index (χ0v) is 18.9. The third kappa shape index (κ3) is 4.80. The first-order chi connectivity index (χ1) is 15.4. The number of ether oxygens (including phenoxy) is 4. The van der Waals surface area contributed by atoms with E-state index in [1.807, 2.05) is 44.2 Å². The van der Waals surface area contributed by atoms with E-state index >= 15 is 0 Å². The summed E-state index contributed by atoms with van der Waals surface area (Å²) in [6, 6.07) is 12.0. The molecule has 1 aliphatic rings. The van der Waals surface area contributed by atoms with Crippen molar-refractivity contribution in [2.75, 3.05) is 21.3 Å². The summed E-state index contributed by atoms with van der Waals surface area (Å²) in [6.45, 7) is 4.10. The predicted octanol–water partition coefficient (Wildman–Crippen LogP) is 3.72. The quantitative estimate of drug-likeness (QED) is 0.608. The van der Waals surface area contributed by atoms with Gasteiger partial charge in [-0.25, -0.2) is 9.59 Å². The van der Waals surface area contributed by atoms with Crippen molar-refractivity contribution in [3.05, 3.63) is 64.9 Å². The van der Waals surface area contributed by atoms with Crippen molar-refractivity contribution in [3.63, 3.8) is 0 Å². The normalized spacial score (nSPS) is 15.7. The molecule has 1 heterocycles. The van der Waals surface area contributed by atoms with Crippen LogP contribution in [0.2, 0.25) is 0 Å². The highest BCUT2D eigenvalue weighted by Crippen LogP contribution is 2.42. The molecular weight excluding hydrogens is 412 g/mol. The number of rotatable bonds is 8. The van der Waals surface area contributed by atoms with Crippen LogP contribution in [0.3, 0.4) is 0 Å². The number of urea groups is 1. The zero-order chi connectivity index (χ0) is 23.3. The van der Waals surface area contributed by atoms with Crippen LogP contribution in [-0.2, 0) is 16.1 Å². The van der Waals surface area contributed by atoms with E-state index in [2.05, 4.69) is 10.6 Å². The molecule has 0 aromatic heterocycles. The third-order valence-electron chi connectivity index (χ3n) is 5.13. The highest BCUT2D eigenvalue weighted by Gasteiger charge is 2.35. The molecule has 1 unspecified atom stereocenters. The maximum atomic E-state index is 12.6. The summed E-state index contributed by atoms with van der Waals surface area (Å²) in [5.74, 6) is 0.621. The Hall–Kier alpha value is -3.68. The molecule has 1 aliphatic heterocycles. The Morgan fingerprint density at radius 2 is 1.66 bits per heavy atom. The topological polar surface area (TPSA) is 95.1 Å². The monoisotopic (exact) mass is 440 g/mol. The first kappa shape index (κ1) is 23.0. The second-order valence-electron chi connectivity index (χ2n) is 7.53. The molecule has 2 aromatic carbocycles. The van der Waals surface area contributed by atoms with E-state index in [0.29, 0.717) is 40.7 Å². The molecular formula is C24H28N2O6. The minimum atomic E-state index is -0.750. The average molecular weight is 440 g/mol. The molecule has 170 valence electrons. The van der Waals surface area contributed by atoms with Crippen LogP contribution in [0.1, 0.15) is 31.0 Å². The third-order valence-corrected chi connectivity index (χ3v) is 5.13. The van der Waals surface area contributed by atoms with E-state index in [4.69, 9.17) is 18.9 Å². The minimum Gasteiger partial charge on any atom is -0.493 e. The minimum absolute atomic E-state index is 0.102. The Labute approximate surface area is 187 Å². The SMILES string of the molecule is COC(=O)C1=C(C(C)C)NC(=O)NC1c1cc(OC)c(OCc2ccccc2)c(OC)c1. The van der Waals surface area contributed by atoms with Crippen molar-refractivity contribution < 1.29 is 28.5 Å². The Morgan fingerprint density at radius 1 is 1.03 bits per heavy atom. The highest BCUT2D eigenvalue weighted by molar-refractivity contribution is 5.95. The molecule has 2 aromatic rings. The van der Waals surface area contributed by atoms with Gasteiger partial charge in [-0.1, -0.05) is 44.2 Å². The number of hydrogen-bond acceptors (Lipinski definition) is 6. The van der Waals surface area contributed by atoms with Gasteiger partial charge in [-0.2, -0.15) is 0 Å². The number of amides is 2. The molecule has 0 bridgehead atoms. The van der Waals surface area contributed by atoms with Crippen LogP contribution in [0.5, 0.6) is 17.2 Å². The van der Waals surface area contributed by atoms with Crippen molar-refractivity contribution >= 4 is 12.0 Å². The van der Waals surface area contributed by atoms with E-state index in [0.717, 1.165) is 5.56 Å². The van der Waals surface area contributed by atoms with Gasteiger partial charge in [0.15, 0.2) is 11.5 Å². The molecule has 2 amide bonds. The Bertz CT molecular complexity index is 991. The van der Waals surface area contributed by atoms with Crippen LogP contribution in [0.15, 0.2) is 53.7 Å². The first-order valence-electron chi connectivity index (χ1n) is 10.2. The highest BCUT2D eigenvalue weighted by atomic mass is 16.5. The summed E-state index contributed by atoms with van der Waals surface area (Å²) in [6.07, 6.45) is 0. The molecule has 3 rings (SSSR count). The number of methoxy groups -OCH3 is 3. The van der Waals surface area contributed by atoms with E-state index in [9.17, 15) is 9.59 Å². The van der Waals surface area contributed by atoms with E-state index in [-0.39, 0.29) is 5.92 Å². The van der Waals surface area contributed by atoms with Crippen LogP contribution in [0.25, 0.3) is 0 Å². The summed E-state index contributed by atoms with van der Waals surface area (Å²) in [5.41, 5.74) is 2.42. The summed E-state index contributed by atoms with van der Waals surface area (Å²) >= 11 is 0. The van der Waals surface area contributed by atoms with Crippen molar-refractivity contribution in [1.82, 2.24) is 10.6 Å². The lowest BCUT2D eigenvalue weighted by Crippen LogP contribution is -2.47. The van der Waals surface area contributed by atoms with Crippen LogP contribution >= 0.6 is 0 Å². The van der Waals surface area contributed by atoms with Crippen LogP contribution in [0.4, 0.5) is 4.79 Å². The molecule has 0 aliphatic carbocycles. The van der Waals surface area contributed by atoms with Gasteiger partial charge in [-0.05, 0) is 29.2 Å². The fourth-order valence-corrected chi connectivity index (χ4v) is 3.57. The van der Waals surface area contributed by atoms with Gasteiger partial charge in [0.2, 0.25) is 5.75 Å². The van der Waals surface area contributed by atoms with Gasteiger partial charge < -0.3 is 29.6 Å². The molecule has 2 N–H and O–H groups in total. The molecule has 0 fully saturated rings. The van der Waals surface area contributed by atoms with Gasteiger partial charge >= 0.3 is 12.0 Å². The average Bonchev–Trinajstić information content (AvgIpc) is 2.81. The van der Waals surface area contributed by atoms with Gasteiger partial charge in [-0.15, -0.1) is 0 Å². The van der Waals surface area contributed by atoms with Crippen LogP contribution in [0, 0.1) is 5.92 Å². The molecule has 1 atom stereocenters. The molecule has 0 spiro atoms. The second kappa shape index (κ2) is 10.1. The standard InChI is InChI=1S/C24H28N2O6/c1-14(2)20-19(23(27)31-5)21(26-24(28)25-20)16-11-17(29-3)22(18(12-16)30-4)32-13-15-9-7-6-8-10-15/h6-12,14,21H,13H2,1-5H3,(H2,25,26,28). The van der Waals surface area contributed by atoms with Crippen molar-refractivity contribution in [2.24, 2.45) is 5.92 Å². The van der Waals surface area contributed by atoms with Crippen molar-refractivity contribution in [3.8, 4) is 17.2 Å². The lowest BCUT2D eigenvalue weighted by atomic mass is 9.91. The number of hydrogen-bond donors (Lipinski definition) is 2. The zero-order valence-electron chi connectivity index (χ0n) is 18.9. The molecule has 8 nitrogen and oxygen atoms in total. The van der Waals surface area contributed by atoms with E-state index < -0.39 is 18.0 Å². The number of allylic oxidation sites excluding steroid dienone is 1. The number of nitrogens with one attached hydrogen (secondary N) is 2. The summed E-state index contributed by atoms with van der Waals surface area (Å²) in [7, 11) is 4.35. The second-order valence-corrected chi connectivity index (χ2v) is 7.53. The lowest BCUT2D eigenvalue weighted by molar-refractivity contribution is -0.136. The maximum absolute atomic E-state index is 12.6. The number of carbonyl (C=O) groups excluding carboxylic acids is 2. The van der Waals surface area contributed by atoms with Crippen LogP contribution in [-0.4, -0.2) is 33.3 Å². The molecule has 8 heteroatoms. The summed E-state index contributed by atoms with van der Waals surface area (Å²) in [4.78, 5) is 25.0. The van der Waals surface area contributed by atoms with E-state index in [1.165, 1.54) is 21.3 Å². The lowest BCUT2D eigenvalue weighted by Gasteiger charge is -2.31. The van der Waals surface area contributed by atoms with Gasteiger partial charge in [0.25, 0.3) is 0 Å². The first-order valence-corrected chi connectivity index (χ1v) is 10.2. The smallest absolute Gasteiger partial charge is 0.337 e. The van der Waals surface area contributed by atoms with Gasteiger partial charge in [0, 0.05) is 5.70 Å². The fourth-order valence-electron chi connectivity index (χ4n) is 3.57. The number of carbonyl (C=O) groups is 2. The van der Waals surface area contributed by atoms with Gasteiger partial charge in [0.05, 0.1) is 32.9 Å². The summed E-state index contributed by atoms with van der Waals surface area (Å²) in [5, 5.41) is 5.53. The Kier molecular flexibility index (Phi) is 7.25. The number of benzene rings is 2. The van der Waals surface area contributed by atoms with Gasteiger partial charge in [-0.3, -0.25) is 0 Å². The number of esters is 1. The fraction of sp³-hybridized carbons (Fsp3) is 0.333. The molecule has 0 radical (unpaired) electrons. The molecule has 32 heavy (non-hydrogen) atoms. The van der Waals surface area contributed by atoms with Crippen LogP contribution < -0.4 is 24.8 Å². The Balaban J connectivity index is 2.05. The molecule has 0 saturated carbocycles. The maximum Gasteiger partial charge on any atom is 0.337 e. The largest absolute Gasteiger partial charge is 0.493 e. The van der Waals surface area contributed by atoms with E-state index in [1.54, 1.807) is 12.1 Å². The predicted molar refractivity (Wildman–Crippen MR) is 119 cm³/mol. The summed E-state index contributed by atoms with van der Waals surface area (Å²) < 4.78 is 22.1. The van der Waals surface area contributed by atoms with Gasteiger partial charge in [0.1, 0.15) is 6.61 Å².